The van der Waals surface area contributed by atoms with Crippen LogP contribution >= 0.6 is 23.1 Å². The monoisotopic (exact) mass is 370 g/mol. The first kappa shape index (κ1) is 15.9. The van der Waals surface area contributed by atoms with E-state index in [0.717, 1.165) is 16.1 Å². The molecule has 0 atom stereocenters. The van der Waals surface area contributed by atoms with Crippen LogP contribution in [0, 0.1) is 0 Å². The number of anilines is 1. The number of thioether (sulfide) groups is 1. The summed E-state index contributed by atoms with van der Waals surface area (Å²) in [4.78, 5) is 12.3. The van der Waals surface area contributed by atoms with Crippen LogP contribution in [-0.4, -0.2) is 33.4 Å². The zero-order valence-electron chi connectivity index (χ0n) is 13.3. The van der Waals surface area contributed by atoms with Gasteiger partial charge < -0.3 is 10.1 Å². The molecular formula is C17H14N4O2S2. The van der Waals surface area contributed by atoms with Crippen LogP contribution in [-0.2, 0) is 4.79 Å². The molecule has 0 saturated heterocycles. The number of ether oxygens (including phenoxy) is 1. The molecule has 3 heterocycles. The van der Waals surface area contributed by atoms with E-state index in [1.165, 1.54) is 16.5 Å². The lowest BCUT2D eigenvalue weighted by molar-refractivity contribution is -0.113. The van der Waals surface area contributed by atoms with Gasteiger partial charge >= 0.3 is 0 Å². The van der Waals surface area contributed by atoms with Crippen molar-refractivity contribution in [1.29, 1.82) is 0 Å². The Hall–Kier alpha value is -2.58. The van der Waals surface area contributed by atoms with Crippen molar-refractivity contribution in [3.05, 3.63) is 48.1 Å². The van der Waals surface area contributed by atoms with Crippen LogP contribution in [0.1, 0.15) is 0 Å². The second-order valence-electron chi connectivity index (χ2n) is 5.24. The third-order valence-electron chi connectivity index (χ3n) is 3.72. The van der Waals surface area contributed by atoms with E-state index in [-0.39, 0.29) is 11.7 Å². The Morgan fingerprint density at radius 3 is 3.08 bits per heavy atom. The summed E-state index contributed by atoms with van der Waals surface area (Å²) in [6.45, 7) is 0. The van der Waals surface area contributed by atoms with Gasteiger partial charge in [-0.25, -0.2) is 0 Å². The van der Waals surface area contributed by atoms with Crippen molar-refractivity contribution in [3.8, 4) is 5.75 Å². The summed E-state index contributed by atoms with van der Waals surface area (Å²) >= 11 is 3.04. The number of aromatic nitrogens is 3. The molecule has 1 aromatic carbocycles. The highest BCUT2D eigenvalue weighted by molar-refractivity contribution is 8.00. The number of rotatable bonds is 5. The maximum absolute atomic E-state index is 12.3. The number of fused-ring (bicyclic) bond motifs is 3. The summed E-state index contributed by atoms with van der Waals surface area (Å²) < 4.78 is 8.42. The van der Waals surface area contributed by atoms with Crippen molar-refractivity contribution in [2.24, 2.45) is 0 Å². The van der Waals surface area contributed by atoms with Gasteiger partial charge in [0.05, 0.1) is 34.3 Å². The van der Waals surface area contributed by atoms with E-state index in [1.54, 1.807) is 24.8 Å². The van der Waals surface area contributed by atoms with E-state index in [0.29, 0.717) is 11.4 Å². The number of amides is 1. The fraction of sp³-hybridized carbons (Fsp3) is 0.118. The number of benzene rings is 1. The van der Waals surface area contributed by atoms with E-state index in [1.807, 2.05) is 34.0 Å². The number of methoxy groups -OCH3 is 1. The van der Waals surface area contributed by atoms with Gasteiger partial charge in [0.15, 0.2) is 0 Å². The van der Waals surface area contributed by atoms with Gasteiger partial charge in [-0.2, -0.15) is 0 Å². The maximum Gasteiger partial charge on any atom is 0.234 e. The van der Waals surface area contributed by atoms with Gasteiger partial charge in [-0.3, -0.25) is 9.20 Å². The smallest absolute Gasteiger partial charge is 0.234 e. The molecule has 0 saturated carbocycles. The highest BCUT2D eigenvalue weighted by atomic mass is 32.2. The Kier molecular flexibility index (Phi) is 4.29. The number of para-hydroxylation sites is 2. The Labute approximate surface area is 151 Å². The molecule has 1 amide bonds. The van der Waals surface area contributed by atoms with E-state index < -0.39 is 0 Å². The van der Waals surface area contributed by atoms with E-state index >= 15 is 0 Å². The van der Waals surface area contributed by atoms with Crippen LogP contribution in [0.25, 0.3) is 15.7 Å². The minimum absolute atomic E-state index is 0.119. The number of thiophene rings is 1. The zero-order valence-corrected chi connectivity index (χ0v) is 14.9. The summed E-state index contributed by atoms with van der Waals surface area (Å²) in [7, 11) is 1.58. The van der Waals surface area contributed by atoms with Crippen molar-refractivity contribution in [2.75, 3.05) is 18.2 Å². The Morgan fingerprint density at radius 1 is 1.32 bits per heavy atom. The summed E-state index contributed by atoms with van der Waals surface area (Å²) in [5.74, 6) is 0.756. The highest BCUT2D eigenvalue weighted by Gasteiger charge is 2.13. The number of carbonyl (C=O) groups excluding carboxylic acids is 1. The molecule has 0 aliphatic carbocycles. The normalized spacial score (nSPS) is 11.1. The van der Waals surface area contributed by atoms with Gasteiger partial charge in [0.2, 0.25) is 5.91 Å². The molecule has 1 N–H and O–H groups in total. The largest absolute Gasteiger partial charge is 0.495 e. The first-order valence-corrected chi connectivity index (χ1v) is 9.38. The lowest BCUT2D eigenvalue weighted by Crippen LogP contribution is -2.15. The topological polar surface area (TPSA) is 68.5 Å². The standard InChI is InChI=1S/C17H14N4O2S2/c1-23-14-5-3-2-4-11(14)19-16(22)9-25-17-13-8-15-12(6-7-24-15)21(13)10-18-20-17/h2-8,10H,9H2,1H3,(H,19,22). The minimum Gasteiger partial charge on any atom is -0.495 e. The van der Waals surface area contributed by atoms with Gasteiger partial charge in [-0.1, -0.05) is 23.9 Å². The Morgan fingerprint density at radius 2 is 2.20 bits per heavy atom. The van der Waals surface area contributed by atoms with Gasteiger partial charge in [0.1, 0.15) is 17.1 Å². The van der Waals surface area contributed by atoms with Crippen molar-refractivity contribution in [3.63, 3.8) is 0 Å². The summed E-state index contributed by atoms with van der Waals surface area (Å²) in [5, 5.41) is 13.9. The first-order valence-electron chi connectivity index (χ1n) is 7.52. The molecule has 3 aromatic heterocycles. The number of nitrogens with one attached hydrogen (secondary N) is 1. The molecule has 4 aromatic rings. The molecule has 0 fully saturated rings. The van der Waals surface area contributed by atoms with Crippen LogP contribution in [0.4, 0.5) is 5.69 Å². The van der Waals surface area contributed by atoms with Gasteiger partial charge in [0.25, 0.3) is 0 Å². The lowest BCUT2D eigenvalue weighted by atomic mass is 10.3. The van der Waals surface area contributed by atoms with Crippen LogP contribution in [0.15, 0.2) is 53.1 Å². The molecule has 0 aliphatic heterocycles. The second kappa shape index (κ2) is 6.73. The quantitative estimate of drug-likeness (QED) is 0.543. The maximum atomic E-state index is 12.3. The summed E-state index contributed by atoms with van der Waals surface area (Å²) in [5.41, 5.74) is 2.73. The van der Waals surface area contributed by atoms with Crippen molar-refractivity contribution in [2.45, 2.75) is 5.03 Å². The molecule has 8 heteroatoms. The molecular weight excluding hydrogens is 356 g/mol. The zero-order chi connectivity index (χ0) is 17.2. The third kappa shape index (κ3) is 3.06. The lowest BCUT2D eigenvalue weighted by Gasteiger charge is -2.09. The predicted molar refractivity (Wildman–Crippen MR) is 101 cm³/mol. The second-order valence-corrected chi connectivity index (χ2v) is 7.15. The minimum atomic E-state index is -0.119. The van der Waals surface area contributed by atoms with E-state index in [2.05, 4.69) is 27.6 Å². The molecule has 126 valence electrons. The number of hydrogen-bond donors (Lipinski definition) is 1. The van der Waals surface area contributed by atoms with E-state index in [9.17, 15) is 4.79 Å². The molecule has 4 rings (SSSR count). The summed E-state index contributed by atoms with van der Waals surface area (Å²) in [6, 6.07) is 11.5. The number of hydrogen-bond acceptors (Lipinski definition) is 6. The number of nitrogens with zero attached hydrogens (tertiary/aromatic N) is 3. The third-order valence-corrected chi connectivity index (χ3v) is 5.54. The Bertz CT molecular complexity index is 1060. The van der Waals surface area contributed by atoms with E-state index in [4.69, 9.17) is 4.74 Å². The highest BCUT2D eigenvalue weighted by Crippen LogP contribution is 2.30. The molecule has 0 bridgehead atoms. The van der Waals surface area contributed by atoms with Crippen LogP contribution in [0.2, 0.25) is 0 Å². The average molecular weight is 370 g/mol. The van der Waals surface area contributed by atoms with Crippen LogP contribution in [0.5, 0.6) is 5.75 Å². The van der Waals surface area contributed by atoms with Crippen LogP contribution < -0.4 is 10.1 Å². The predicted octanol–water partition coefficient (Wildman–Crippen LogP) is 3.68. The molecule has 0 radical (unpaired) electrons. The SMILES string of the molecule is COc1ccccc1NC(=O)CSc1nncn2c1cc1sccc12. The Balaban J connectivity index is 1.51. The molecule has 0 spiro atoms. The average Bonchev–Trinajstić information content (AvgIpc) is 3.22. The molecule has 25 heavy (non-hydrogen) atoms. The van der Waals surface area contributed by atoms with Crippen molar-refractivity contribution in [1.82, 2.24) is 14.6 Å². The van der Waals surface area contributed by atoms with Crippen molar-refractivity contribution >= 4 is 50.4 Å². The van der Waals surface area contributed by atoms with Gasteiger partial charge in [0, 0.05) is 0 Å². The summed E-state index contributed by atoms with van der Waals surface area (Å²) in [6.07, 6.45) is 1.70. The molecule has 0 unspecified atom stereocenters. The van der Waals surface area contributed by atoms with Crippen LogP contribution in [0.3, 0.4) is 0 Å². The van der Waals surface area contributed by atoms with Gasteiger partial charge in [-0.05, 0) is 29.6 Å². The molecule has 0 aliphatic rings. The van der Waals surface area contributed by atoms with Crippen molar-refractivity contribution < 1.29 is 9.53 Å². The number of carbonyl (C=O) groups is 1. The first-order chi connectivity index (χ1) is 12.3. The fourth-order valence-corrected chi connectivity index (χ4v) is 4.15. The molecule has 6 nitrogen and oxygen atoms in total. The fourth-order valence-electron chi connectivity index (χ4n) is 2.59. The van der Waals surface area contributed by atoms with Gasteiger partial charge in [-0.15, -0.1) is 21.5 Å².